The third-order valence-electron chi connectivity index (χ3n) is 8.63. The topological polar surface area (TPSA) is 74.6 Å². The predicted molar refractivity (Wildman–Crippen MR) is 188 cm³/mol. The molecule has 0 heterocycles. The average Bonchev–Trinajstić information content (AvgIpc) is 2.99. The van der Waals surface area contributed by atoms with Gasteiger partial charge in [-0.1, -0.05) is 207 Å². The predicted octanol–water partition coefficient (Wildman–Crippen LogP) is 13.6. The summed E-state index contributed by atoms with van der Waals surface area (Å²) in [5, 5.41) is 17.2. The van der Waals surface area contributed by atoms with Gasteiger partial charge in [0.2, 0.25) is 0 Å². The number of hydrogen-bond donors (Lipinski definition) is 2. The Morgan fingerprint density at radius 3 is 0.791 bits per heavy atom. The minimum Gasteiger partial charge on any atom is -0.481 e. The van der Waals surface area contributed by atoms with Gasteiger partial charge in [0.25, 0.3) is 0 Å². The van der Waals surface area contributed by atoms with Crippen molar-refractivity contribution in [2.24, 2.45) is 0 Å². The Kier molecular flexibility index (Phi) is 39.4. The molecule has 0 aliphatic rings. The Morgan fingerprint density at radius 1 is 0.372 bits per heavy atom. The maximum Gasteiger partial charge on any atom is 0.330 e. The van der Waals surface area contributed by atoms with Crippen molar-refractivity contribution in [2.45, 2.75) is 226 Å². The molecule has 0 rings (SSSR count). The van der Waals surface area contributed by atoms with Gasteiger partial charge < -0.3 is 10.2 Å². The summed E-state index contributed by atoms with van der Waals surface area (Å²) in [6.45, 7) is 8.11. The van der Waals surface area contributed by atoms with Crippen molar-refractivity contribution >= 4 is 11.9 Å². The van der Waals surface area contributed by atoms with Gasteiger partial charge in [-0.3, -0.25) is 4.79 Å². The first kappa shape index (κ1) is 43.8. The zero-order valence-corrected chi connectivity index (χ0v) is 29.3. The lowest BCUT2D eigenvalue weighted by atomic mass is 10.0. The fourth-order valence-corrected chi connectivity index (χ4v) is 5.64. The van der Waals surface area contributed by atoms with Crippen LogP contribution in [0, 0.1) is 0 Å². The summed E-state index contributed by atoms with van der Waals surface area (Å²) >= 11 is 0. The van der Waals surface area contributed by atoms with Crippen LogP contribution >= 0.6 is 0 Å². The summed E-state index contributed by atoms with van der Waals surface area (Å²) < 4.78 is 0. The van der Waals surface area contributed by atoms with Crippen LogP contribution in [0.15, 0.2) is 12.2 Å². The van der Waals surface area contributed by atoms with Crippen LogP contribution in [0.5, 0.6) is 0 Å². The molecule has 4 heteroatoms. The van der Waals surface area contributed by atoms with Crippen LogP contribution in [-0.4, -0.2) is 22.2 Å². The van der Waals surface area contributed by atoms with Crippen LogP contribution in [0.3, 0.4) is 0 Å². The number of unbranched alkanes of at least 4 members (excludes halogenated alkanes) is 29. The molecule has 0 fully saturated rings. The fraction of sp³-hybridized carbons (Fsp3) is 0.897. The number of carbonyl (C=O) groups is 2. The molecule has 0 saturated heterocycles. The van der Waals surface area contributed by atoms with Gasteiger partial charge >= 0.3 is 11.9 Å². The Balaban J connectivity index is 0. The monoisotopic (exact) mass is 609 g/mol. The number of rotatable bonds is 34. The van der Waals surface area contributed by atoms with E-state index in [4.69, 9.17) is 10.2 Å². The standard InChI is InChI=1S/C21H40O2.C18H36O2/c1-3-4-5-6-7-8-9-10-11-12-13-14-15-16-17-18-19-20(2)21(22)23;1-2-3-4-5-6-7-8-9-10-11-12-13-14-15-16-17-18(19)20/h2-19H2,1H3,(H,22,23);2-17H2,1H3,(H,19,20). The third kappa shape index (κ3) is 42.9. The number of hydrogen-bond acceptors (Lipinski definition) is 2. The van der Waals surface area contributed by atoms with E-state index in [9.17, 15) is 9.59 Å². The smallest absolute Gasteiger partial charge is 0.330 e. The van der Waals surface area contributed by atoms with Crippen LogP contribution in [0.2, 0.25) is 0 Å². The van der Waals surface area contributed by atoms with Crippen LogP contribution < -0.4 is 0 Å². The second-order valence-electron chi connectivity index (χ2n) is 13.1. The van der Waals surface area contributed by atoms with Gasteiger partial charge in [0.1, 0.15) is 0 Å². The van der Waals surface area contributed by atoms with Gasteiger partial charge in [-0.2, -0.15) is 0 Å². The Hall–Kier alpha value is -1.32. The maximum atomic E-state index is 10.6. The van der Waals surface area contributed by atoms with Crippen molar-refractivity contribution in [1.29, 1.82) is 0 Å². The SMILES string of the molecule is C=C(CCCCCCCCCCCCCCCCCC)C(=O)O.CCCCCCCCCCCCCCCCCC(=O)O. The Bertz CT molecular complexity index is 586. The van der Waals surface area contributed by atoms with Crippen LogP contribution in [0.4, 0.5) is 0 Å². The van der Waals surface area contributed by atoms with E-state index in [1.54, 1.807) is 0 Å². The zero-order valence-electron chi connectivity index (χ0n) is 29.3. The van der Waals surface area contributed by atoms with Crippen molar-refractivity contribution in [3.8, 4) is 0 Å². The summed E-state index contributed by atoms with van der Waals surface area (Å²) in [5.41, 5.74) is 0.357. The molecule has 0 aromatic rings. The minimum atomic E-state index is -0.842. The van der Waals surface area contributed by atoms with Gasteiger partial charge in [-0.15, -0.1) is 0 Å². The molecule has 0 aromatic heterocycles. The van der Waals surface area contributed by atoms with E-state index < -0.39 is 11.9 Å². The molecule has 0 bridgehead atoms. The molecule has 0 aliphatic heterocycles. The normalized spacial score (nSPS) is 10.8. The molecule has 0 saturated carbocycles. The summed E-state index contributed by atoms with van der Waals surface area (Å²) in [5.74, 6) is -1.49. The largest absolute Gasteiger partial charge is 0.481 e. The number of carboxylic acids is 2. The van der Waals surface area contributed by atoms with E-state index in [-0.39, 0.29) is 0 Å². The fourth-order valence-electron chi connectivity index (χ4n) is 5.64. The second-order valence-corrected chi connectivity index (χ2v) is 13.1. The molecular weight excluding hydrogens is 532 g/mol. The number of carboxylic acid groups (broad SMARTS) is 2. The second kappa shape index (κ2) is 38.7. The molecule has 0 amide bonds. The van der Waals surface area contributed by atoms with Crippen molar-refractivity contribution in [1.82, 2.24) is 0 Å². The highest BCUT2D eigenvalue weighted by atomic mass is 16.4. The molecule has 0 aromatic carbocycles. The number of aliphatic carboxylic acids is 2. The first-order valence-corrected chi connectivity index (χ1v) is 19.1. The highest BCUT2D eigenvalue weighted by Crippen LogP contribution is 2.16. The van der Waals surface area contributed by atoms with Crippen molar-refractivity contribution in [2.75, 3.05) is 0 Å². The zero-order chi connectivity index (χ0) is 32.1. The molecule has 0 aliphatic carbocycles. The van der Waals surface area contributed by atoms with E-state index in [0.29, 0.717) is 18.4 Å². The molecule has 256 valence electrons. The minimum absolute atomic E-state index is 0.345. The molecule has 0 atom stereocenters. The first-order valence-electron chi connectivity index (χ1n) is 19.1. The van der Waals surface area contributed by atoms with Crippen LogP contribution in [0.1, 0.15) is 226 Å². The summed E-state index contributed by atoms with van der Waals surface area (Å²) in [7, 11) is 0. The van der Waals surface area contributed by atoms with E-state index in [2.05, 4.69) is 20.4 Å². The van der Waals surface area contributed by atoms with Crippen molar-refractivity contribution in [3.05, 3.63) is 12.2 Å². The van der Waals surface area contributed by atoms with Crippen LogP contribution in [0.25, 0.3) is 0 Å². The van der Waals surface area contributed by atoms with Gasteiger partial charge in [0, 0.05) is 12.0 Å². The van der Waals surface area contributed by atoms with Crippen molar-refractivity contribution in [3.63, 3.8) is 0 Å². The Morgan fingerprint density at radius 2 is 0.581 bits per heavy atom. The Labute approximate surface area is 269 Å². The molecule has 0 radical (unpaired) electrons. The van der Waals surface area contributed by atoms with Gasteiger partial charge in [0.05, 0.1) is 0 Å². The lowest BCUT2D eigenvalue weighted by Gasteiger charge is -2.04. The summed E-state index contributed by atoms with van der Waals surface area (Å²) in [4.78, 5) is 20.9. The lowest BCUT2D eigenvalue weighted by Crippen LogP contribution is -1.98. The highest BCUT2D eigenvalue weighted by Gasteiger charge is 2.02. The van der Waals surface area contributed by atoms with Gasteiger partial charge in [0.15, 0.2) is 0 Å². The van der Waals surface area contributed by atoms with E-state index in [1.807, 2.05) is 0 Å². The molecular formula is C39H76O4. The summed E-state index contributed by atoms with van der Waals surface area (Å²) in [6.07, 6.45) is 42.4. The summed E-state index contributed by atoms with van der Waals surface area (Å²) in [6, 6.07) is 0. The van der Waals surface area contributed by atoms with E-state index in [1.165, 1.54) is 173 Å². The van der Waals surface area contributed by atoms with Crippen LogP contribution in [-0.2, 0) is 9.59 Å². The quantitative estimate of drug-likeness (QED) is 0.0563. The maximum absolute atomic E-state index is 10.6. The lowest BCUT2D eigenvalue weighted by molar-refractivity contribution is -0.137. The first-order chi connectivity index (χ1) is 21.0. The molecule has 0 unspecified atom stereocenters. The van der Waals surface area contributed by atoms with Gasteiger partial charge in [-0.05, 0) is 19.3 Å². The third-order valence-corrected chi connectivity index (χ3v) is 8.63. The van der Waals surface area contributed by atoms with E-state index in [0.717, 1.165) is 25.7 Å². The van der Waals surface area contributed by atoms with Gasteiger partial charge in [-0.25, -0.2) is 4.79 Å². The van der Waals surface area contributed by atoms with E-state index >= 15 is 0 Å². The highest BCUT2D eigenvalue weighted by molar-refractivity contribution is 5.85. The average molecular weight is 609 g/mol. The molecule has 2 N–H and O–H groups in total. The molecule has 4 nitrogen and oxygen atoms in total. The molecule has 43 heavy (non-hydrogen) atoms. The molecule has 0 spiro atoms. The van der Waals surface area contributed by atoms with Crippen molar-refractivity contribution < 1.29 is 19.8 Å².